The Bertz CT molecular complexity index is 986. The second kappa shape index (κ2) is 9.08. The van der Waals surface area contributed by atoms with Gasteiger partial charge in [0, 0.05) is 0 Å². The maximum atomic E-state index is 12.6. The second-order valence-electron chi connectivity index (χ2n) is 7.14. The summed E-state index contributed by atoms with van der Waals surface area (Å²) in [4.78, 5) is 12.6. The van der Waals surface area contributed by atoms with E-state index >= 15 is 0 Å². The van der Waals surface area contributed by atoms with Crippen LogP contribution in [0.4, 0.5) is 0 Å². The van der Waals surface area contributed by atoms with Crippen LogP contribution in [0.25, 0.3) is 0 Å². The Morgan fingerprint density at radius 3 is 1.27 bits per heavy atom. The summed E-state index contributed by atoms with van der Waals surface area (Å²) in [6.45, 7) is 0. The quantitative estimate of drug-likeness (QED) is 0.295. The molecule has 148 valence electrons. The summed E-state index contributed by atoms with van der Waals surface area (Å²) in [5.74, 6) is 0. The van der Waals surface area contributed by atoms with Gasteiger partial charge in [0.25, 0.3) is 0 Å². The lowest BCUT2D eigenvalue weighted by molar-refractivity contribution is -0.114. The molecule has 0 amide bonds. The van der Waals surface area contributed by atoms with E-state index in [2.05, 4.69) is 41.7 Å². The van der Waals surface area contributed by atoms with E-state index in [-0.39, 0.29) is 0 Å². The molecule has 1 unspecified atom stereocenters. The minimum Gasteiger partial charge on any atom is -0.286 e. The molecule has 0 fully saturated rings. The van der Waals surface area contributed by atoms with Gasteiger partial charge in [-0.05, 0) is 33.9 Å². The van der Waals surface area contributed by atoms with Gasteiger partial charge in [-0.2, -0.15) is 0 Å². The van der Waals surface area contributed by atoms with Crippen LogP contribution in [0.2, 0.25) is 0 Å². The fraction of sp³-hybridized carbons (Fsp3) is 0.0741. The largest absolute Gasteiger partial charge is 0.286 e. The van der Waals surface area contributed by atoms with Gasteiger partial charge in [0.15, 0.2) is 0 Å². The van der Waals surface area contributed by atoms with Crippen LogP contribution in [0.3, 0.4) is 0 Å². The first-order chi connectivity index (χ1) is 14.7. The van der Waals surface area contributed by atoms with Crippen LogP contribution in [0.15, 0.2) is 121 Å². The van der Waals surface area contributed by atoms with Crippen molar-refractivity contribution >= 4 is 16.8 Å². The predicted octanol–water partition coefficient (Wildman–Crippen LogP) is 6.07. The van der Waals surface area contributed by atoms with E-state index in [9.17, 15) is 4.79 Å². The summed E-state index contributed by atoms with van der Waals surface area (Å²) in [5, 5.41) is 3.20. The van der Waals surface area contributed by atoms with Crippen molar-refractivity contribution in [2.24, 2.45) is 0 Å². The number of benzene rings is 4. The molecule has 0 radical (unpaired) electrons. The van der Waals surface area contributed by atoms with Gasteiger partial charge in [-0.3, -0.25) is 10.1 Å². The van der Waals surface area contributed by atoms with Gasteiger partial charge < -0.3 is 0 Å². The van der Waals surface area contributed by atoms with Crippen LogP contribution in [-0.4, -0.2) is 5.24 Å². The van der Waals surface area contributed by atoms with E-state index in [1.54, 1.807) is 0 Å². The van der Waals surface area contributed by atoms with Crippen molar-refractivity contribution in [2.75, 3.05) is 0 Å². The third kappa shape index (κ3) is 3.93. The molecule has 4 aromatic carbocycles. The minimum atomic E-state index is -0.769. The molecule has 0 aliphatic heterocycles. The lowest BCUT2D eigenvalue weighted by atomic mass is 9.76. The highest BCUT2D eigenvalue weighted by molar-refractivity contribution is 6.64. The summed E-state index contributed by atoms with van der Waals surface area (Å²) in [5.41, 5.74) is 3.14. The third-order valence-corrected chi connectivity index (χ3v) is 5.56. The number of hydrogen-bond donors (Lipinski definition) is 1. The molecule has 0 saturated carbocycles. The van der Waals surface area contributed by atoms with Crippen molar-refractivity contribution in [3.63, 3.8) is 0 Å². The lowest BCUT2D eigenvalue weighted by Crippen LogP contribution is -2.47. The fourth-order valence-corrected chi connectivity index (χ4v) is 4.13. The van der Waals surface area contributed by atoms with Gasteiger partial charge in [-0.15, -0.1) is 0 Å². The zero-order chi connectivity index (χ0) is 20.8. The molecule has 30 heavy (non-hydrogen) atoms. The number of carbonyl (C=O) groups excluding carboxylic acids is 1. The summed E-state index contributed by atoms with van der Waals surface area (Å²) < 4.78 is 0. The van der Waals surface area contributed by atoms with Crippen molar-refractivity contribution in [3.05, 3.63) is 144 Å². The number of halogens is 1. The van der Waals surface area contributed by atoms with Gasteiger partial charge in [0.05, 0.1) is 5.54 Å². The van der Waals surface area contributed by atoms with Crippen LogP contribution < -0.4 is 5.32 Å². The highest BCUT2D eigenvalue weighted by atomic mass is 35.5. The van der Waals surface area contributed by atoms with Crippen LogP contribution in [0.1, 0.15) is 28.3 Å². The average molecular weight is 412 g/mol. The van der Waals surface area contributed by atoms with Crippen molar-refractivity contribution in [1.29, 1.82) is 0 Å². The van der Waals surface area contributed by atoms with Gasteiger partial charge >= 0.3 is 0 Å². The monoisotopic (exact) mass is 411 g/mol. The summed E-state index contributed by atoms with van der Waals surface area (Å²) in [7, 11) is 0. The van der Waals surface area contributed by atoms with Gasteiger partial charge in [0.1, 0.15) is 6.04 Å². The van der Waals surface area contributed by atoms with Crippen LogP contribution >= 0.6 is 11.6 Å². The molecular formula is C27H22ClNO. The first kappa shape index (κ1) is 20.1. The molecular weight excluding hydrogens is 390 g/mol. The molecule has 0 bridgehead atoms. The van der Waals surface area contributed by atoms with E-state index in [4.69, 9.17) is 11.6 Å². The van der Waals surface area contributed by atoms with Crippen molar-refractivity contribution < 1.29 is 4.79 Å². The summed E-state index contributed by atoms with van der Waals surface area (Å²) in [6, 6.07) is 39.4. The number of rotatable bonds is 7. The Labute approximate surface area is 182 Å². The number of carbonyl (C=O) groups is 1. The minimum absolute atomic E-state index is 0.451. The van der Waals surface area contributed by atoms with Crippen molar-refractivity contribution in [3.8, 4) is 0 Å². The molecule has 0 aliphatic rings. The Hall–Kier alpha value is -3.20. The molecule has 2 nitrogen and oxygen atoms in total. The maximum absolute atomic E-state index is 12.6. The zero-order valence-electron chi connectivity index (χ0n) is 16.4. The lowest BCUT2D eigenvalue weighted by Gasteiger charge is -2.39. The molecule has 3 heteroatoms. The van der Waals surface area contributed by atoms with Crippen molar-refractivity contribution in [1.82, 2.24) is 5.32 Å². The number of nitrogens with one attached hydrogen (secondary N) is 1. The second-order valence-corrected chi connectivity index (χ2v) is 7.51. The molecule has 0 saturated heterocycles. The molecule has 4 rings (SSSR count). The molecule has 0 aromatic heterocycles. The molecule has 0 heterocycles. The highest BCUT2D eigenvalue weighted by Crippen LogP contribution is 2.39. The van der Waals surface area contributed by atoms with Gasteiger partial charge in [0.2, 0.25) is 5.24 Å². The average Bonchev–Trinajstić information content (AvgIpc) is 2.82. The molecule has 1 N–H and O–H groups in total. The Morgan fingerprint density at radius 2 is 0.933 bits per heavy atom. The highest BCUT2D eigenvalue weighted by Gasteiger charge is 2.39. The predicted molar refractivity (Wildman–Crippen MR) is 122 cm³/mol. The van der Waals surface area contributed by atoms with E-state index in [1.165, 1.54) is 0 Å². The molecule has 4 aromatic rings. The molecule has 0 spiro atoms. The van der Waals surface area contributed by atoms with Gasteiger partial charge in [-0.25, -0.2) is 0 Å². The van der Waals surface area contributed by atoms with Crippen LogP contribution in [0.5, 0.6) is 0 Å². The smallest absolute Gasteiger partial charge is 0.243 e. The third-order valence-electron chi connectivity index (χ3n) is 5.34. The normalized spacial score (nSPS) is 12.3. The van der Waals surface area contributed by atoms with E-state index in [0.717, 1.165) is 22.3 Å². The summed E-state index contributed by atoms with van der Waals surface area (Å²) >= 11 is 6.15. The standard InChI is InChI=1S/C27H22ClNO/c28-26(30)25(21-13-5-1-6-14-21)29-27(22-15-7-2-8-16-22,23-17-9-3-10-18-23)24-19-11-4-12-20-24/h1-20,25,29H. The Morgan fingerprint density at radius 1 is 0.600 bits per heavy atom. The fourth-order valence-electron chi connectivity index (χ4n) is 3.95. The van der Waals surface area contributed by atoms with Gasteiger partial charge in [-0.1, -0.05) is 121 Å². The molecule has 0 aliphatic carbocycles. The first-order valence-corrected chi connectivity index (χ1v) is 10.3. The van der Waals surface area contributed by atoms with Crippen LogP contribution in [-0.2, 0) is 10.3 Å². The first-order valence-electron chi connectivity index (χ1n) is 9.90. The maximum Gasteiger partial charge on any atom is 0.243 e. The topological polar surface area (TPSA) is 29.1 Å². The van der Waals surface area contributed by atoms with E-state index < -0.39 is 16.8 Å². The van der Waals surface area contributed by atoms with E-state index in [1.807, 2.05) is 84.9 Å². The van der Waals surface area contributed by atoms with Crippen LogP contribution in [0, 0.1) is 0 Å². The number of hydrogen-bond acceptors (Lipinski definition) is 2. The zero-order valence-corrected chi connectivity index (χ0v) is 17.2. The SMILES string of the molecule is O=C(Cl)C(NC(c1ccccc1)(c1ccccc1)c1ccccc1)c1ccccc1. The summed E-state index contributed by atoms with van der Waals surface area (Å²) in [6.07, 6.45) is 0. The van der Waals surface area contributed by atoms with Crippen molar-refractivity contribution in [2.45, 2.75) is 11.6 Å². The molecule has 1 atom stereocenters. The Balaban J connectivity index is 1.98. The van der Waals surface area contributed by atoms with E-state index in [0.29, 0.717) is 0 Å². The Kier molecular flexibility index (Phi) is 6.08.